The van der Waals surface area contributed by atoms with Crippen LogP contribution in [0.5, 0.6) is 5.75 Å². The van der Waals surface area contributed by atoms with E-state index in [0.29, 0.717) is 68.1 Å². The first-order chi connectivity index (χ1) is 20.8. The minimum absolute atomic E-state index is 0.0783. The molecule has 1 aromatic carbocycles. The molecule has 6 rings (SSSR count). The maximum atomic E-state index is 15.2. The molecule has 2 atom stereocenters. The van der Waals surface area contributed by atoms with E-state index in [2.05, 4.69) is 15.6 Å². The third-order valence-corrected chi connectivity index (χ3v) is 8.03. The van der Waals surface area contributed by atoms with Crippen molar-refractivity contribution in [3.8, 4) is 5.75 Å². The maximum Gasteiger partial charge on any atom is 0.415 e. The molecule has 2 aromatic heterocycles. The first-order valence-electron chi connectivity index (χ1n) is 14.4. The molecule has 1 fully saturated rings. The van der Waals surface area contributed by atoms with Gasteiger partial charge in [0.15, 0.2) is 18.2 Å². The van der Waals surface area contributed by atoms with Crippen molar-refractivity contribution in [3.05, 3.63) is 57.1 Å². The summed E-state index contributed by atoms with van der Waals surface area (Å²) >= 11 is 0. The minimum atomic E-state index is -0.710. The van der Waals surface area contributed by atoms with Crippen LogP contribution in [0, 0.1) is 11.7 Å². The number of carbonyl (C=O) groups is 3. The van der Waals surface area contributed by atoms with Gasteiger partial charge in [-0.2, -0.15) is 0 Å². The highest BCUT2D eigenvalue weighted by atomic mass is 19.1. The van der Waals surface area contributed by atoms with Gasteiger partial charge in [-0.15, -0.1) is 0 Å². The van der Waals surface area contributed by atoms with E-state index >= 15 is 4.39 Å². The smallest absolute Gasteiger partial charge is 0.415 e. The van der Waals surface area contributed by atoms with Gasteiger partial charge in [0, 0.05) is 18.1 Å². The molecule has 3 aliphatic rings. The van der Waals surface area contributed by atoms with Crippen LogP contribution in [0.4, 0.5) is 20.8 Å². The van der Waals surface area contributed by atoms with Crippen LogP contribution in [0.1, 0.15) is 41.8 Å². The number of carbonyl (C=O) groups excluding carboxylic acids is 3. The van der Waals surface area contributed by atoms with E-state index in [1.165, 1.54) is 17.2 Å². The van der Waals surface area contributed by atoms with E-state index in [1.807, 2.05) is 11.5 Å². The lowest BCUT2D eigenvalue weighted by Crippen LogP contribution is -2.30. The first-order valence-corrected chi connectivity index (χ1v) is 14.4. The number of aromatic nitrogens is 2. The average molecular weight is 594 g/mol. The Bertz CT molecular complexity index is 1690. The Hall–Kier alpha value is -4.52. The molecule has 1 aliphatic carbocycles. The zero-order valence-corrected chi connectivity index (χ0v) is 23.9. The van der Waals surface area contributed by atoms with Crippen LogP contribution in [0.3, 0.4) is 0 Å². The molecule has 3 aromatic rings. The standard InChI is InChI=1S/C30H32FN5O7/c1-3-35-14-21(29(39)41-4-2)27(38)20-11-22(31)18-9-16(10-19(18)26(20)35)12-32-8-7-17-13-36(30(40)43-17)24-6-5-23-28(33-24)34-25(37)15-42-23/h5-6,11,14,16-17,32H,3-4,7-10,12-13,15H2,1-2H3,(H,33,34,37). The number of benzene rings is 1. The van der Waals surface area contributed by atoms with Crippen LogP contribution < -0.4 is 25.7 Å². The Balaban J connectivity index is 1.08. The Morgan fingerprint density at radius 2 is 2.02 bits per heavy atom. The summed E-state index contributed by atoms with van der Waals surface area (Å²) in [5, 5.41) is 6.23. The summed E-state index contributed by atoms with van der Waals surface area (Å²) in [6.07, 6.45) is 2.34. The summed E-state index contributed by atoms with van der Waals surface area (Å²) in [6, 6.07) is 4.55. The maximum absolute atomic E-state index is 15.2. The summed E-state index contributed by atoms with van der Waals surface area (Å²) < 4.78 is 33.0. The Morgan fingerprint density at radius 1 is 1.21 bits per heavy atom. The molecule has 2 unspecified atom stereocenters. The van der Waals surface area contributed by atoms with Crippen molar-refractivity contribution in [2.45, 2.75) is 45.8 Å². The molecule has 43 heavy (non-hydrogen) atoms. The number of aryl methyl sites for hydroxylation is 1. The lowest BCUT2D eigenvalue weighted by Gasteiger charge is -2.19. The number of anilines is 2. The summed E-state index contributed by atoms with van der Waals surface area (Å²) in [6.45, 7) is 5.65. The van der Waals surface area contributed by atoms with E-state index in [9.17, 15) is 19.2 Å². The molecule has 0 spiro atoms. The Morgan fingerprint density at radius 3 is 2.81 bits per heavy atom. The Kier molecular flexibility index (Phi) is 7.74. The van der Waals surface area contributed by atoms with Gasteiger partial charge in [0.1, 0.15) is 23.3 Å². The second kappa shape index (κ2) is 11.6. The SMILES string of the molecule is CCOC(=O)c1cn(CC)c2c3c(c(F)cc2c1=O)CC(CNCCC1CN(c2ccc4c(n2)NC(=O)CO4)C(=O)O1)C3. The van der Waals surface area contributed by atoms with Crippen LogP contribution in [-0.4, -0.2) is 66.5 Å². The van der Waals surface area contributed by atoms with Crippen molar-refractivity contribution < 1.29 is 33.0 Å². The Labute approximate surface area is 246 Å². The van der Waals surface area contributed by atoms with Crippen LogP contribution in [0.25, 0.3) is 10.9 Å². The largest absolute Gasteiger partial charge is 0.480 e. The monoisotopic (exact) mass is 593 g/mol. The topological polar surface area (TPSA) is 141 Å². The van der Waals surface area contributed by atoms with Gasteiger partial charge in [0.05, 0.1) is 18.7 Å². The first kappa shape index (κ1) is 28.6. The van der Waals surface area contributed by atoms with Gasteiger partial charge in [-0.05, 0) is 81.4 Å². The number of fused-ring (bicyclic) bond motifs is 4. The highest BCUT2D eigenvalue weighted by molar-refractivity contribution is 5.96. The third-order valence-electron chi connectivity index (χ3n) is 8.03. The van der Waals surface area contributed by atoms with E-state index < -0.39 is 23.3 Å². The van der Waals surface area contributed by atoms with E-state index in [1.54, 1.807) is 19.1 Å². The number of cyclic esters (lactones) is 1. The minimum Gasteiger partial charge on any atom is -0.480 e. The summed E-state index contributed by atoms with van der Waals surface area (Å²) in [4.78, 5) is 55.4. The average Bonchev–Trinajstić information content (AvgIpc) is 3.59. The summed E-state index contributed by atoms with van der Waals surface area (Å²) in [5.41, 5.74) is 1.45. The molecular weight excluding hydrogens is 561 g/mol. The van der Waals surface area contributed by atoms with Crippen molar-refractivity contribution in [2.75, 3.05) is 43.1 Å². The fourth-order valence-electron chi connectivity index (χ4n) is 6.03. The molecule has 2 amide bonds. The predicted molar refractivity (Wildman–Crippen MR) is 154 cm³/mol. The van der Waals surface area contributed by atoms with Gasteiger partial charge in [-0.3, -0.25) is 14.5 Å². The molecule has 226 valence electrons. The molecule has 1 saturated heterocycles. The van der Waals surface area contributed by atoms with Gasteiger partial charge in [-0.25, -0.2) is 19.0 Å². The quantitative estimate of drug-likeness (QED) is 0.283. The zero-order valence-electron chi connectivity index (χ0n) is 23.9. The van der Waals surface area contributed by atoms with Gasteiger partial charge < -0.3 is 29.4 Å². The molecule has 2 aliphatic heterocycles. The lowest BCUT2D eigenvalue weighted by atomic mass is 10.0. The number of ether oxygens (including phenoxy) is 3. The predicted octanol–water partition coefficient (Wildman–Crippen LogP) is 2.78. The fourth-order valence-corrected chi connectivity index (χ4v) is 6.03. The molecule has 4 heterocycles. The molecule has 12 nitrogen and oxygen atoms in total. The molecule has 13 heteroatoms. The highest BCUT2D eigenvalue weighted by Crippen LogP contribution is 2.35. The number of amides is 2. The van der Waals surface area contributed by atoms with Crippen LogP contribution in [-0.2, 0) is 33.7 Å². The molecule has 0 saturated carbocycles. The van der Waals surface area contributed by atoms with Crippen molar-refractivity contribution in [3.63, 3.8) is 0 Å². The van der Waals surface area contributed by atoms with Crippen LogP contribution >= 0.6 is 0 Å². The molecule has 0 radical (unpaired) electrons. The van der Waals surface area contributed by atoms with E-state index in [4.69, 9.17) is 14.2 Å². The van der Waals surface area contributed by atoms with E-state index in [0.717, 1.165) is 5.56 Å². The highest BCUT2D eigenvalue weighted by Gasteiger charge is 2.34. The van der Waals surface area contributed by atoms with Gasteiger partial charge in [-0.1, -0.05) is 0 Å². The number of nitrogens with zero attached hydrogens (tertiary/aromatic N) is 3. The van der Waals surface area contributed by atoms with Crippen molar-refractivity contribution in [1.82, 2.24) is 14.9 Å². The van der Waals surface area contributed by atoms with Crippen molar-refractivity contribution in [1.29, 1.82) is 0 Å². The van der Waals surface area contributed by atoms with Gasteiger partial charge >= 0.3 is 12.1 Å². The molecule has 2 N–H and O–H groups in total. The second-order valence-electron chi connectivity index (χ2n) is 10.8. The molecule has 0 bridgehead atoms. The van der Waals surface area contributed by atoms with Crippen molar-refractivity contribution in [2.24, 2.45) is 5.92 Å². The van der Waals surface area contributed by atoms with Crippen molar-refractivity contribution >= 4 is 40.5 Å². The number of halogens is 1. The van der Waals surface area contributed by atoms with Crippen LogP contribution in [0.2, 0.25) is 0 Å². The van der Waals surface area contributed by atoms with E-state index in [-0.39, 0.29) is 47.9 Å². The number of hydrogen-bond donors (Lipinski definition) is 2. The third kappa shape index (κ3) is 5.40. The van der Waals surface area contributed by atoms with Gasteiger partial charge in [0.25, 0.3) is 5.91 Å². The van der Waals surface area contributed by atoms with Gasteiger partial charge in [0.2, 0.25) is 5.43 Å². The lowest BCUT2D eigenvalue weighted by molar-refractivity contribution is -0.118. The van der Waals surface area contributed by atoms with Crippen LogP contribution in [0.15, 0.2) is 29.2 Å². The second-order valence-corrected chi connectivity index (χ2v) is 10.8. The number of rotatable bonds is 9. The number of hydrogen-bond acceptors (Lipinski definition) is 9. The number of esters is 1. The number of pyridine rings is 2. The summed E-state index contributed by atoms with van der Waals surface area (Å²) in [5.74, 6) is -0.276. The zero-order chi connectivity index (χ0) is 30.2. The fraction of sp³-hybridized carbons (Fsp3) is 0.433. The normalized spacial score (nSPS) is 19.1. The summed E-state index contributed by atoms with van der Waals surface area (Å²) in [7, 11) is 0. The molecular formula is C30H32FN5O7. The number of nitrogens with one attached hydrogen (secondary N) is 2.